The summed E-state index contributed by atoms with van der Waals surface area (Å²) in [5, 5.41) is 3.71. The first-order valence-electron chi connectivity index (χ1n) is 12.8. The highest BCUT2D eigenvalue weighted by Crippen LogP contribution is 2.41. The van der Waals surface area contributed by atoms with Crippen molar-refractivity contribution in [2.45, 2.75) is 88.8 Å². The van der Waals surface area contributed by atoms with Crippen LogP contribution in [0.3, 0.4) is 0 Å². The van der Waals surface area contributed by atoms with E-state index < -0.39 is 0 Å². The van der Waals surface area contributed by atoms with Gasteiger partial charge in [0, 0.05) is 25.2 Å². The van der Waals surface area contributed by atoms with Gasteiger partial charge in [-0.05, 0) is 75.5 Å². The van der Waals surface area contributed by atoms with Gasteiger partial charge in [-0.2, -0.15) is 0 Å². The second-order valence-corrected chi connectivity index (χ2v) is 10.6. The van der Waals surface area contributed by atoms with Crippen LogP contribution in [-0.4, -0.2) is 40.1 Å². The molecule has 162 valence electrons. The summed E-state index contributed by atoms with van der Waals surface area (Å²) < 4.78 is 2.64. The van der Waals surface area contributed by atoms with Gasteiger partial charge in [-0.1, -0.05) is 37.8 Å². The minimum atomic E-state index is 0.442. The molecule has 2 saturated carbocycles. The summed E-state index contributed by atoms with van der Waals surface area (Å²) in [7, 11) is 0. The lowest BCUT2D eigenvalue weighted by atomic mass is 9.77. The summed E-state index contributed by atoms with van der Waals surface area (Å²) in [5.74, 6) is 3.34. The lowest BCUT2D eigenvalue weighted by Gasteiger charge is -2.43. The maximum atomic E-state index is 5.11. The van der Waals surface area contributed by atoms with Crippen LogP contribution in [0.15, 0.2) is 24.3 Å². The minimum Gasteiger partial charge on any atom is -0.323 e. The first-order chi connectivity index (χ1) is 14.8. The van der Waals surface area contributed by atoms with E-state index in [4.69, 9.17) is 4.98 Å². The average molecular weight is 407 g/mol. The third-order valence-electron chi connectivity index (χ3n) is 8.73. The highest BCUT2D eigenvalue weighted by molar-refractivity contribution is 5.76. The maximum Gasteiger partial charge on any atom is 0.127 e. The molecule has 4 atom stereocenters. The lowest BCUT2D eigenvalue weighted by Crippen LogP contribution is -2.45. The van der Waals surface area contributed by atoms with Gasteiger partial charge >= 0.3 is 0 Å². The zero-order valence-corrected chi connectivity index (χ0v) is 18.4. The van der Waals surface area contributed by atoms with Gasteiger partial charge in [-0.25, -0.2) is 4.98 Å². The Hall–Kier alpha value is -1.39. The highest BCUT2D eigenvalue weighted by Gasteiger charge is 2.36. The smallest absolute Gasteiger partial charge is 0.127 e. The van der Waals surface area contributed by atoms with E-state index in [-0.39, 0.29) is 0 Å². The Morgan fingerprint density at radius 2 is 1.57 bits per heavy atom. The van der Waals surface area contributed by atoms with Crippen molar-refractivity contribution in [2.75, 3.05) is 19.6 Å². The molecule has 4 aliphatic rings. The lowest BCUT2D eigenvalue weighted by molar-refractivity contribution is 0.0711. The molecule has 2 aliphatic heterocycles. The van der Waals surface area contributed by atoms with Crippen molar-refractivity contribution in [3.05, 3.63) is 30.1 Å². The summed E-state index contributed by atoms with van der Waals surface area (Å²) >= 11 is 0. The zero-order valence-electron chi connectivity index (χ0n) is 18.4. The van der Waals surface area contributed by atoms with Crippen molar-refractivity contribution < 1.29 is 0 Å². The van der Waals surface area contributed by atoms with E-state index >= 15 is 0 Å². The van der Waals surface area contributed by atoms with E-state index in [0.717, 1.165) is 24.4 Å². The van der Waals surface area contributed by atoms with E-state index in [9.17, 15) is 0 Å². The normalized spacial score (nSPS) is 33.7. The van der Waals surface area contributed by atoms with Gasteiger partial charge in [-0.3, -0.25) is 0 Å². The van der Waals surface area contributed by atoms with Gasteiger partial charge in [-0.15, -0.1) is 0 Å². The van der Waals surface area contributed by atoms with Crippen molar-refractivity contribution in [2.24, 2.45) is 11.8 Å². The molecule has 30 heavy (non-hydrogen) atoms. The monoisotopic (exact) mass is 406 g/mol. The molecule has 0 radical (unpaired) electrons. The molecular weight excluding hydrogens is 368 g/mol. The Labute approximate surface area is 181 Å². The van der Waals surface area contributed by atoms with Crippen molar-refractivity contribution >= 4 is 11.0 Å². The van der Waals surface area contributed by atoms with Crippen LogP contribution in [0.5, 0.6) is 0 Å². The van der Waals surface area contributed by atoms with Crippen molar-refractivity contribution in [3.63, 3.8) is 0 Å². The fraction of sp³-hybridized carbons (Fsp3) is 0.731. The van der Waals surface area contributed by atoms with E-state index in [0.29, 0.717) is 12.1 Å². The number of imidazole rings is 1. The average Bonchev–Trinajstić information content (AvgIpc) is 3.41. The number of likely N-dealkylation sites (tertiary alicyclic amines) is 1. The van der Waals surface area contributed by atoms with E-state index in [1.165, 1.54) is 101 Å². The Morgan fingerprint density at radius 1 is 0.800 bits per heavy atom. The maximum absolute atomic E-state index is 5.11. The molecule has 2 saturated heterocycles. The molecule has 2 aromatic rings. The summed E-state index contributed by atoms with van der Waals surface area (Å²) in [6.07, 6.45) is 15.5. The molecule has 1 aromatic carbocycles. The van der Waals surface area contributed by atoms with Crippen LogP contribution in [0.2, 0.25) is 0 Å². The Kier molecular flexibility index (Phi) is 5.32. The third-order valence-corrected chi connectivity index (χ3v) is 8.73. The molecule has 1 aromatic heterocycles. The quantitative estimate of drug-likeness (QED) is 0.735. The van der Waals surface area contributed by atoms with E-state index in [2.05, 4.69) is 39.0 Å². The van der Waals surface area contributed by atoms with Gasteiger partial charge < -0.3 is 14.8 Å². The van der Waals surface area contributed by atoms with Crippen molar-refractivity contribution in [1.82, 2.24) is 19.8 Å². The summed E-state index contributed by atoms with van der Waals surface area (Å²) in [5.41, 5.74) is 2.53. The predicted molar refractivity (Wildman–Crippen MR) is 123 cm³/mol. The van der Waals surface area contributed by atoms with Crippen LogP contribution in [0.25, 0.3) is 11.0 Å². The topological polar surface area (TPSA) is 33.1 Å². The summed E-state index contributed by atoms with van der Waals surface area (Å²) in [4.78, 5) is 8.00. The number of nitrogens with one attached hydrogen (secondary N) is 1. The van der Waals surface area contributed by atoms with Crippen LogP contribution >= 0.6 is 0 Å². The zero-order chi connectivity index (χ0) is 19.9. The SMILES string of the molecule is c1ccc2c(c1)nc([C@H]1CCCN1)n2C1CCN(C2C[C@H]3CCCC[C@@H](C2)C3)CC1. The molecule has 0 spiro atoms. The van der Waals surface area contributed by atoms with Crippen molar-refractivity contribution in [3.8, 4) is 0 Å². The molecule has 1 N–H and O–H groups in total. The van der Waals surface area contributed by atoms with E-state index in [1.807, 2.05) is 0 Å². The second kappa shape index (κ2) is 8.27. The van der Waals surface area contributed by atoms with Gasteiger partial charge in [0.1, 0.15) is 5.82 Å². The van der Waals surface area contributed by atoms with Crippen LogP contribution in [0, 0.1) is 11.8 Å². The van der Waals surface area contributed by atoms with Gasteiger partial charge in [0.15, 0.2) is 0 Å². The van der Waals surface area contributed by atoms with Gasteiger partial charge in [0.2, 0.25) is 0 Å². The summed E-state index contributed by atoms with van der Waals surface area (Å²) in [6.45, 7) is 3.69. The molecular formula is C26H38N4. The molecule has 4 fully saturated rings. The number of aromatic nitrogens is 2. The Morgan fingerprint density at radius 3 is 2.30 bits per heavy atom. The number of fused-ring (bicyclic) bond motifs is 3. The molecule has 3 heterocycles. The second-order valence-electron chi connectivity index (χ2n) is 10.6. The van der Waals surface area contributed by atoms with E-state index in [1.54, 1.807) is 0 Å². The molecule has 2 bridgehead atoms. The summed E-state index contributed by atoms with van der Waals surface area (Å²) in [6, 6.07) is 10.7. The van der Waals surface area contributed by atoms with Gasteiger partial charge in [0.05, 0.1) is 17.1 Å². The minimum absolute atomic E-state index is 0.442. The predicted octanol–water partition coefficient (Wildman–Crippen LogP) is 5.46. The number of benzene rings is 1. The number of para-hydroxylation sites is 2. The number of hydrogen-bond donors (Lipinski definition) is 1. The highest BCUT2D eigenvalue weighted by atomic mass is 15.2. The number of piperidine rings is 1. The largest absolute Gasteiger partial charge is 0.323 e. The molecule has 1 unspecified atom stereocenters. The van der Waals surface area contributed by atoms with Crippen LogP contribution < -0.4 is 5.32 Å². The number of nitrogens with zero attached hydrogens (tertiary/aromatic N) is 3. The van der Waals surface area contributed by atoms with Crippen LogP contribution in [-0.2, 0) is 0 Å². The molecule has 4 heteroatoms. The molecule has 2 aliphatic carbocycles. The first kappa shape index (κ1) is 19.3. The Balaban J connectivity index is 1.20. The molecule has 6 rings (SSSR count). The fourth-order valence-electron chi connectivity index (χ4n) is 7.27. The Bertz CT molecular complexity index is 845. The fourth-order valence-corrected chi connectivity index (χ4v) is 7.27. The van der Waals surface area contributed by atoms with Crippen LogP contribution in [0.1, 0.15) is 88.5 Å². The standard InChI is InChI=1S/C26H38N4/c1-2-7-20-16-19(6-1)17-22(18-20)29-14-11-21(12-15-29)30-25-10-4-3-8-23(25)28-26(30)24-9-5-13-27-24/h3-4,8,10,19-22,24,27H,1-2,5-7,9,11-18H2/t19-,20+,22?,24-/m1/s1. The molecule has 0 amide bonds. The number of hydrogen-bond acceptors (Lipinski definition) is 3. The third kappa shape index (κ3) is 3.60. The molecule has 4 nitrogen and oxygen atoms in total. The van der Waals surface area contributed by atoms with Gasteiger partial charge in [0.25, 0.3) is 0 Å². The van der Waals surface area contributed by atoms with Crippen LogP contribution in [0.4, 0.5) is 0 Å². The first-order valence-corrected chi connectivity index (χ1v) is 12.8. The number of rotatable bonds is 3. The van der Waals surface area contributed by atoms with Crippen molar-refractivity contribution in [1.29, 1.82) is 0 Å².